The Hall–Kier alpha value is -2.63. The van der Waals surface area contributed by atoms with Crippen molar-refractivity contribution >= 4 is 0 Å². The molecular formula is C23H26N4O. The molecule has 5 rings (SSSR count). The highest BCUT2D eigenvalue weighted by atomic mass is 16.5. The average molecular weight is 374 g/mol. The highest BCUT2D eigenvalue weighted by Gasteiger charge is 2.19. The van der Waals surface area contributed by atoms with Gasteiger partial charge in [-0.3, -0.25) is 9.80 Å². The largest absolute Gasteiger partial charge is 0.492 e. The van der Waals surface area contributed by atoms with E-state index in [-0.39, 0.29) is 0 Å². The summed E-state index contributed by atoms with van der Waals surface area (Å²) in [7, 11) is 0. The predicted octanol–water partition coefficient (Wildman–Crippen LogP) is 3.36. The van der Waals surface area contributed by atoms with Gasteiger partial charge < -0.3 is 9.72 Å². The zero-order valence-corrected chi connectivity index (χ0v) is 16.1. The zero-order valence-electron chi connectivity index (χ0n) is 16.1. The Kier molecular flexibility index (Phi) is 4.85. The van der Waals surface area contributed by atoms with Crippen molar-refractivity contribution in [3.05, 3.63) is 82.9 Å². The summed E-state index contributed by atoms with van der Waals surface area (Å²) >= 11 is 0. The van der Waals surface area contributed by atoms with Gasteiger partial charge in [0.2, 0.25) is 0 Å². The molecule has 0 saturated heterocycles. The molecular weight excluding hydrogens is 348 g/mol. The van der Waals surface area contributed by atoms with Gasteiger partial charge in [0.15, 0.2) is 0 Å². The van der Waals surface area contributed by atoms with Crippen LogP contribution in [0.15, 0.2) is 54.9 Å². The molecule has 0 saturated carbocycles. The molecule has 144 valence electrons. The predicted molar refractivity (Wildman–Crippen MR) is 109 cm³/mol. The van der Waals surface area contributed by atoms with Crippen LogP contribution in [-0.2, 0) is 32.6 Å². The average Bonchev–Trinajstić information content (AvgIpc) is 3.14. The van der Waals surface area contributed by atoms with Crippen LogP contribution in [0, 0.1) is 0 Å². The number of rotatable bonds is 4. The minimum absolute atomic E-state index is 0.718. The van der Waals surface area contributed by atoms with E-state index in [1.54, 1.807) is 0 Å². The van der Waals surface area contributed by atoms with Crippen LogP contribution >= 0.6 is 0 Å². The van der Waals surface area contributed by atoms with Gasteiger partial charge in [-0.1, -0.05) is 30.3 Å². The van der Waals surface area contributed by atoms with Crippen molar-refractivity contribution in [1.29, 1.82) is 0 Å². The van der Waals surface area contributed by atoms with Crippen LogP contribution in [0.4, 0.5) is 0 Å². The number of aromatic amines is 1. The molecule has 5 nitrogen and oxygen atoms in total. The Morgan fingerprint density at radius 1 is 0.929 bits per heavy atom. The Balaban J connectivity index is 1.29. The monoisotopic (exact) mass is 374 g/mol. The molecule has 0 unspecified atom stereocenters. The van der Waals surface area contributed by atoms with Gasteiger partial charge in [-0.05, 0) is 35.2 Å². The van der Waals surface area contributed by atoms with Gasteiger partial charge in [-0.2, -0.15) is 0 Å². The molecule has 3 heterocycles. The van der Waals surface area contributed by atoms with Crippen LogP contribution in [-0.4, -0.2) is 39.5 Å². The fraction of sp³-hybridized carbons (Fsp3) is 0.348. The van der Waals surface area contributed by atoms with E-state index in [9.17, 15) is 0 Å². The van der Waals surface area contributed by atoms with Gasteiger partial charge >= 0.3 is 0 Å². The molecule has 1 aromatic heterocycles. The lowest BCUT2D eigenvalue weighted by molar-refractivity contribution is 0.216. The molecule has 0 amide bonds. The van der Waals surface area contributed by atoms with Gasteiger partial charge in [0.05, 0.1) is 6.54 Å². The number of aromatic nitrogens is 2. The number of ether oxygens (including phenoxy) is 1. The number of imidazole rings is 1. The smallest absolute Gasteiger partial charge is 0.123 e. The molecule has 5 heteroatoms. The summed E-state index contributed by atoms with van der Waals surface area (Å²) < 4.78 is 6.00. The van der Waals surface area contributed by atoms with Crippen LogP contribution in [0.1, 0.15) is 28.1 Å². The van der Waals surface area contributed by atoms with Crippen LogP contribution in [0.2, 0.25) is 0 Å². The third-order valence-electron chi connectivity index (χ3n) is 5.73. The molecule has 2 aliphatic heterocycles. The maximum Gasteiger partial charge on any atom is 0.123 e. The molecule has 0 spiro atoms. The standard InChI is InChI=1S/C23H26N4O/c1-2-4-20-15-26(10-7-19(20)3-1)14-18-5-6-22-21(13-18)16-27(11-12-28-22)17-23-24-8-9-25-23/h1-6,8-9,13H,7,10-12,14-17H2,(H,24,25). The first-order valence-corrected chi connectivity index (χ1v) is 10.1. The van der Waals surface area contributed by atoms with Gasteiger partial charge in [0, 0.05) is 50.7 Å². The van der Waals surface area contributed by atoms with Crippen LogP contribution in [0.25, 0.3) is 0 Å². The second-order valence-corrected chi connectivity index (χ2v) is 7.77. The Morgan fingerprint density at radius 3 is 2.68 bits per heavy atom. The van der Waals surface area contributed by atoms with E-state index in [0.717, 1.165) is 63.9 Å². The lowest BCUT2D eigenvalue weighted by atomic mass is 9.99. The fourth-order valence-corrected chi connectivity index (χ4v) is 4.28. The molecule has 0 bridgehead atoms. The molecule has 1 N–H and O–H groups in total. The van der Waals surface area contributed by atoms with Crippen molar-refractivity contribution in [2.24, 2.45) is 0 Å². The summed E-state index contributed by atoms with van der Waals surface area (Å²) in [6.07, 6.45) is 4.83. The van der Waals surface area contributed by atoms with Gasteiger partial charge in [-0.25, -0.2) is 4.98 Å². The second kappa shape index (κ2) is 7.78. The third kappa shape index (κ3) is 3.81. The van der Waals surface area contributed by atoms with E-state index in [0.29, 0.717) is 0 Å². The van der Waals surface area contributed by atoms with E-state index < -0.39 is 0 Å². The summed E-state index contributed by atoms with van der Waals surface area (Å²) in [5.41, 5.74) is 5.61. The molecule has 0 radical (unpaired) electrons. The molecule has 2 aliphatic rings. The zero-order chi connectivity index (χ0) is 18.8. The first-order chi connectivity index (χ1) is 13.8. The second-order valence-electron chi connectivity index (χ2n) is 7.77. The number of nitrogens with zero attached hydrogens (tertiary/aromatic N) is 3. The van der Waals surface area contributed by atoms with Crippen LogP contribution in [0.5, 0.6) is 5.75 Å². The van der Waals surface area contributed by atoms with Gasteiger partial charge in [-0.15, -0.1) is 0 Å². The Morgan fingerprint density at radius 2 is 1.79 bits per heavy atom. The highest BCUT2D eigenvalue weighted by Crippen LogP contribution is 2.27. The highest BCUT2D eigenvalue weighted by molar-refractivity contribution is 5.38. The van der Waals surface area contributed by atoms with E-state index in [4.69, 9.17) is 4.74 Å². The lowest BCUT2D eigenvalue weighted by Crippen LogP contribution is -2.30. The molecule has 0 fully saturated rings. The number of hydrogen-bond donors (Lipinski definition) is 1. The minimum atomic E-state index is 0.718. The van der Waals surface area contributed by atoms with E-state index in [1.165, 1.54) is 22.3 Å². The summed E-state index contributed by atoms with van der Waals surface area (Å²) in [4.78, 5) is 12.5. The maximum absolute atomic E-state index is 6.00. The van der Waals surface area contributed by atoms with Crippen molar-refractivity contribution < 1.29 is 4.74 Å². The van der Waals surface area contributed by atoms with Gasteiger partial charge in [0.1, 0.15) is 18.2 Å². The Labute approximate surface area is 166 Å². The van der Waals surface area contributed by atoms with Crippen LogP contribution < -0.4 is 4.74 Å². The summed E-state index contributed by atoms with van der Waals surface area (Å²) in [5, 5.41) is 0. The fourth-order valence-electron chi connectivity index (χ4n) is 4.28. The first-order valence-electron chi connectivity index (χ1n) is 10.1. The first kappa shape index (κ1) is 17.5. The normalized spacial score (nSPS) is 17.4. The number of H-pyrrole nitrogens is 1. The summed E-state index contributed by atoms with van der Waals surface area (Å²) in [6.45, 7) is 6.49. The lowest BCUT2D eigenvalue weighted by Gasteiger charge is -2.29. The maximum atomic E-state index is 6.00. The molecule has 2 aromatic carbocycles. The van der Waals surface area contributed by atoms with Crippen LogP contribution in [0.3, 0.4) is 0 Å². The molecule has 0 aliphatic carbocycles. The number of hydrogen-bond acceptors (Lipinski definition) is 4. The topological polar surface area (TPSA) is 44.4 Å². The molecule has 0 atom stereocenters. The van der Waals surface area contributed by atoms with Crippen molar-refractivity contribution in [1.82, 2.24) is 19.8 Å². The third-order valence-corrected chi connectivity index (χ3v) is 5.73. The molecule has 3 aromatic rings. The van der Waals surface area contributed by atoms with Crippen molar-refractivity contribution in [2.45, 2.75) is 32.6 Å². The minimum Gasteiger partial charge on any atom is -0.492 e. The SMILES string of the molecule is c1ccc2c(c1)CCN(Cc1ccc3c(c1)CN(Cc1ncc[nH]1)CCO3)C2. The molecule has 28 heavy (non-hydrogen) atoms. The van der Waals surface area contributed by atoms with Crippen molar-refractivity contribution in [2.75, 3.05) is 19.7 Å². The van der Waals surface area contributed by atoms with Gasteiger partial charge in [0.25, 0.3) is 0 Å². The number of nitrogens with one attached hydrogen (secondary N) is 1. The van der Waals surface area contributed by atoms with E-state index in [2.05, 4.69) is 62.2 Å². The van der Waals surface area contributed by atoms with E-state index >= 15 is 0 Å². The Bertz CT molecular complexity index is 938. The summed E-state index contributed by atoms with van der Waals surface area (Å²) in [5.74, 6) is 2.03. The summed E-state index contributed by atoms with van der Waals surface area (Å²) in [6, 6.07) is 15.5. The van der Waals surface area contributed by atoms with Crippen molar-refractivity contribution in [3.8, 4) is 5.75 Å². The van der Waals surface area contributed by atoms with Crippen molar-refractivity contribution in [3.63, 3.8) is 0 Å². The number of benzene rings is 2. The number of fused-ring (bicyclic) bond motifs is 2. The van der Waals surface area contributed by atoms with E-state index in [1.807, 2.05) is 12.4 Å². The quantitative estimate of drug-likeness (QED) is 0.761.